The van der Waals surface area contributed by atoms with E-state index in [4.69, 9.17) is 9.47 Å². The predicted octanol–water partition coefficient (Wildman–Crippen LogP) is 2.94. The second kappa shape index (κ2) is 8.81. The summed E-state index contributed by atoms with van der Waals surface area (Å²) in [5, 5.41) is 7.43. The number of nitrogens with one attached hydrogen (secondary N) is 1. The number of ether oxygens (including phenoxy) is 2. The number of methoxy groups -OCH3 is 1. The summed E-state index contributed by atoms with van der Waals surface area (Å²) in [6, 6.07) is 17.8. The van der Waals surface area contributed by atoms with E-state index in [9.17, 15) is 13.2 Å². The Hall–Kier alpha value is -3.33. The lowest BCUT2D eigenvalue weighted by molar-refractivity contribution is -0.118. The van der Waals surface area contributed by atoms with Crippen molar-refractivity contribution in [1.82, 2.24) is 9.78 Å². The first-order chi connectivity index (χ1) is 14.9. The molecule has 0 saturated carbocycles. The zero-order chi connectivity index (χ0) is 21.8. The summed E-state index contributed by atoms with van der Waals surface area (Å²) >= 11 is 0. The van der Waals surface area contributed by atoms with Crippen molar-refractivity contribution in [2.75, 3.05) is 30.5 Å². The predicted molar refractivity (Wildman–Crippen MR) is 117 cm³/mol. The Morgan fingerprint density at radius 3 is 2.52 bits per heavy atom. The van der Waals surface area contributed by atoms with Crippen LogP contribution in [0.25, 0.3) is 11.3 Å². The van der Waals surface area contributed by atoms with E-state index in [0.717, 1.165) is 11.3 Å². The van der Waals surface area contributed by atoms with Crippen LogP contribution in [0.2, 0.25) is 0 Å². The maximum atomic E-state index is 12.5. The number of hydrogen-bond acceptors (Lipinski definition) is 6. The molecule has 0 unspecified atom stereocenters. The molecule has 0 spiro atoms. The third kappa shape index (κ3) is 5.05. The number of benzene rings is 2. The standard InChI is InChI=1S/C22H23N3O5S/c1-29-18-9-7-16(8-10-18)20-13-21(25(24-20)17-11-12-31(27,28)15-17)23-22(26)14-30-19-5-3-2-4-6-19/h2-10,13,17H,11-12,14-15H2,1H3,(H,23,26)/t17-/m0/s1. The molecular formula is C22H23N3O5S. The highest BCUT2D eigenvalue weighted by Gasteiger charge is 2.31. The van der Waals surface area contributed by atoms with Gasteiger partial charge in [0.25, 0.3) is 5.91 Å². The van der Waals surface area contributed by atoms with E-state index in [1.807, 2.05) is 42.5 Å². The van der Waals surface area contributed by atoms with Gasteiger partial charge >= 0.3 is 0 Å². The van der Waals surface area contributed by atoms with Crippen LogP contribution in [0.15, 0.2) is 60.7 Å². The highest BCUT2D eigenvalue weighted by Crippen LogP contribution is 2.31. The number of carbonyl (C=O) groups excluding carboxylic acids is 1. The zero-order valence-corrected chi connectivity index (χ0v) is 17.8. The van der Waals surface area contributed by atoms with Gasteiger partial charge in [0.1, 0.15) is 17.3 Å². The topological polar surface area (TPSA) is 99.5 Å². The van der Waals surface area contributed by atoms with Gasteiger partial charge in [-0.15, -0.1) is 0 Å². The molecule has 1 aromatic heterocycles. The quantitative estimate of drug-likeness (QED) is 0.605. The Morgan fingerprint density at radius 1 is 1.13 bits per heavy atom. The minimum Gasteiger partial charge on any atom is -0.497 e. The summed E-state index contributed by atoms with van der Waals surface area (Å²) in [6.45, 7) is -0.171. The fourth-order valence-corrected chi connectivity index (χ4v) is 5.17. The third-order valence-corrected chi connectivity index (χ3v) is 6.81. The molecule has 1 atom stereocenters. The smallest absolute Gasteiger partial charge is 0.263 e. The maximum Gasteiger partial charge on any atom is 0.263 e. The van der Waals surface area contributed by atoms with E-state index in [0.29, 0.717) is 23.7 Å². The van der Waals surface area contributed by atoms with E-state index < -0.39 is 9.84 Å². The molecule has 1 aliphatic heterocycles. The van der Waals surface area contributed by atoms with Crippen molar-refractivity contribution in [3.63, 3.8) is 0 Å². The van der Waals surface area contributed by atoms with Crippen LogP contribution in [-0.2, 0) is 14.6 Å². The zero-order valence-electron chi connectivity index (χ0n) is 17.0. The van der Waals surface area contributed by atoms with Crippen LogP contribution >= 0.6 is 0 Å². The van der Waals surface area contributed by atoms with Gasteiger partial charge in [0.2, 0.25) is 0 Å². The Kier molecular flexibility index (Phi) is 5.94. The van der Waals surface area contributed by atoms with Gasteiger partial charge in [0.05, 0.1) is 30.4 Å². The second-order valence-electron chi connectivity index (χ2n) is 7.29. The molecule has 2 aromatic carbocycles. The lowest BCUT2D eigenvalue weighted by atomic mass is 10.1. The second-order valence-corrected chi connectivity index (χ2v) is 9.52. The first kappa shape index (κ1) is 20.9. The van der Waals surface area contributed by atoms with E-state index in [-0.39, 0.29) is 30.1 Å². The molecule has 1 amide bonds. The minimum atomic E-state index is -3.11. The Balaban J connectivity index is 1.56. The Bertz CT molecular complexity index is 1160. The highest BCUT2D eigenvalue weighted by molar-refractivity contribution is 7.91. The van der Waals surface area contributed by atoms with Crippen LogP contribution in [0.3, 0.4) is 0 Å². The van der Waals surface area contributed by atoms with Crippen LogP contribution in [-0.4, -0.2) is 49.3 Å². The van der Waals surface area contributed by atoms with Crippen LogP contribution in [0.5, 0.6) is 11.5 Å². The highest BCUT2D eigenvalue weighted by atomic mass is 32.2. The molecule has 2 heterocycles. The van der Waals surface area contributed by atoms with Crippen molar-refractivity contribution in [3.05, 3.63) is 60.7 Å². The monoisotopic (exact) mass is 441 g/mol. The number of rotatable bonds is 7. The van der Waals surface area contributed by atoms with Gasteiger partial charge in [-0.1, -0.05) is 18.2 Å². The molecule has 4 rings (SSSR count). The summed E-state index contributed by atoms with van der Waals surface area (Å²) < 4.78 is 36.3. The van der Waals surface area contributed by atoms with Crippen LogP contribution in [0.4, 0.5) is 5.82 Å². The minimum absolute atomic E-state index is 0.000117. The lowest BCUT2D eigenvalue weighted by Crippen LogP contribution is -2.23. The van der Waals surface area contributed by atoms with Gasteiger partial charge < -0.3 is 14.8 Å². The summed E-state index contributed by atoms with van der Waals surface area (Å²) in [7, 11) is -1.52. The van der Waals surface area contributed by atoms with Crippen LogP contribution in [0.1, 0.15) is 12.5 Å². The van der Waals surface area contributed by atoms with Crippen molar-refractivity contribution in [1.29, 1.82) is 0 Å². The molecule has 0 radical (unpaired) electrons. The molecule has 0 aliphatic carbocycles. The molecule has 8 nitrogen and oxygen atoms in total. The van der Waals surface area contributed by atoms with Crippen molar-refractivity contribution in [2.45, 2.75) is 12.5 Å². The number of sulfone groups is 1. The van der Waals surface area contributed by atoms with Crippen LogP contribution in [0, 0.1) is 0 Å². The number of anilines is 1. The Labute approximate surface area is 180 Å². The first-order valence-electron chi connectivity index (χ1n) is 9.85. The van der Waals surface area contributed by atoms with Gasteiger partial charge in [-0.3, -0.25) is 4.79 Å². The summed E-state index contributed by atoms with van der Waals surface area (Å²) in [4.78, 5) is 12.5. The average Bonchev–Trinajstić information content (AvgIpc) is 3.35. The molecule has 31 heavy (non-hydrogen) atoms. The number of nitrogens with zero attached hydrogens (tertiary/aromatic N) is 2. The molecule has 1 fully saturated rings. The van der Waals surface area contributed by atoms with Crippen molar-refractivity contribution < 1.29 is 22.7 Å². The molecule has 1 saturated heterocycles. The van der Waals surface area contributed by atoms with Gasteiger partial charge in [0, 0.05) is 11.6 Å². The summed E-state index contributed by atoms with van der Waals surface area (Å²) in [5.41, 5.74) is 1.46. The van der Waals surface area contributed by atoms with Crippen LogP contribution < -0.4 is 14.8 Å². The van der Waals surface area contributed by atoms with Gasteiger partial charge in [0.15, 0.2) is 16.4 Å². The molecule has 0 bridgehead atoms. The van der Waals surface area contributed by atoms with Gasteiger partial charge in [-0.05, 0) is 42.8 Å². The van der Waals surface area contributed by atoms with E-state index in [1.165, 1.54) is 0 Å². The Morgan fingerprint density at radius 2 is 1.87 bits per heavy atom. The maximum absolute atomic E-state index is 12.5. The van der Waals surface area contributed by atoms with Crippen molar-refractivity contribution in [2.24, 2.45) is 0 Å². The fourth-order valence-electron chi connectivity index (χ4n) is 3.48. The molecule has 3 aromatic rings. The molecule has 1 N–H and O–H groups in total. The average molecular weight is 442 g/mol. The van der Waals surface area contributed by atoms with Gasteiger partial charge in [-0.25, -0.2) is 13.1 Å². The van der Waals surface area contributed by atoms with Crippen molar-refractivity contribution >= 4 is 21.6 Å². The number of para-hydroxylation sites is 1. The first-order valence-corrected chi connectivity index (χ1v) is 11.7. The van der Waals surface area contributed by atoms with E-state index >= 15 is 0 Å². The number of aromatic nitrogens is 2. The number of hydrogen-bond donors (Lipinski definition) is 1. The lowest BCUT2D eigenvalue weighted by Gasteiger charge is -2.14. The summed E-state index contributed by atoms with van der Waals surface area (Å²) in [6.07, 6.45) is 0.454. The normalized spacial score (nSPS) is 17.3. The number of carbonyl (C=O) groups is 1. The third-order valence-electron chi connectivity index (χ3n) is 5.06. The van der Waals surface area contributed by atoms with Gasteiger partial charge in [-0.2, -0.15) is 5.10 Å². The SMILES string of the molecule is COc1ccc(-c2cc(NC(=O)COc3ccccc3)n([C@H]3CCS(=O)(=O)C3)n2)cc1. The molecule has 1 aliphatic rings. The van der Waals surface area contributed by atoms with E-state index in [2.05, 4.69) is 10.4 Å². The largest absolute Gasteiger partial charge is 0.497 e. The number of amides is 1. The molecule has 162 valence electrons. The summed E-state index contributed by atoms with van der Waals surface area (Å²) in [5.74, 6) is 1.50. The van der Waals surface area contributed by atoms with Crippen molar-refractivity contribution in [3.8, 4) is 22.8 Å². The fraction of sp³-hybridized carbons (Fsp3) is 0.273. The molecule has 9 heteroatoms. The van der Waals surface area contributed by atoms with E-state index in [1.54, 1.807) is 30.0 Å². The molecular weight excluding hydrogens is 418 g/mol.